The Morgan fingerprint density at radius 3 is 2.36 bits per heavy atom. The molecule has 4 N–H and O–H groups in total. The van der Waals surface area contributed by atoms with E-state index in [9.17, 15) is 24.6 Å². The number of aliphatic hydroxyl groups is 1. The number of benzene rings is 3. The van der Waals surface area contributed by atoms with Crippen LogP contribution in [0.15, 0.2) is 78.9 Å². The van der Waals surface area contributed by atoms with Gasteiger partial charge in [-0.25, -0.2) is 4.79 Å². The Balaban J connectivity index is 1.21. The fourth-order valence-electron chi connectivity index (χ4n) is 3.79. The lowest BCUT2D eigenvalue weighted by Crippen LogP contribution is -2.40. The van der Waals surface area contributed by atoms with E-state index in [2.05, 4.69) is 10.6 Å². The van der Waals surface area contributed by atoms with Gasteiger partial charge in [0.05, 0.1) is 6.54 Å². The molecule has 0 bridgehead atoms. The van der Waals surface area contributed by atoms with Crippen LogP contribution in [0.3, 0.4) is 0 Å². The van der Waals surface area contributed by atoms with E-state index < -0.39 is 28.7 Å². The molecule has 1 unspecified atom stereocenters. The maximum Gasteiger partial charge on any atom is 0.407 e. The number of carboxylic acid groups (broad SMARTS) is 1. The monoisotopic (exact) mass is 551 g/mol. The first kappa shape index (κ1) is 27.8. The molecule has 0 spiro atoms. The van der Waals surface area contributed by atoms with Crippen LogP contribution in [0.5, 0.6) is 11.5 Å². The van der Waals surface area contributed by atoms with E-state index in [-0.39, 0.29) is 19.7 Å². The van der Waals surface area contributed by atoms with Crippen molar-refractivity contribution in [1.29, 1.82) is 0 Å². The molecule has 39 heavy (non-hydrogen) atoms. The van der Waals surface area contributed by atoms with E-state index in [1.165, 1.54) is 0 Å². The smallest absolute Gasteiger partial charge is 0.407 e. The van der Waals surface area contributed by atoms with E-state index in [1.54, 1.807) is 30.3 Å². The first-order valence-corrected chi connectivity index (χ1v) is 13.2. The van der Waals surface area contributed by atoms with Gasteiger partial charge in [-0.1, -0.05) is 48.5 Å². The van der Waals surface area contributed by atoms with Gasteiger partial charge >= 0.3 is 6.09 Å². The van der Waals surface area contributed by atoms with Crippen LogP contribution in [0.25, 0.3) is 0 Å². The highest BCUT2D eigenvalue weighted by Crippen LogP contribution is 2.22. The Bertz CT molecular complexity index is 1270. The van der Waals surface area contributed by atoms with Gasteiger partial charge in [0.2, 0.25) is 0 Å². The number of carbonyl (C=O) groups is 3. The summed E-state index contributed by atoms with van der Waals surface area (Å²) in [7, 11) is 0. The van der Waals surface area contributed by atoms with Crippen LogP contribution >= 0.6 is 11.8 Å². The van der Waals surface area contributed by atoms with E-state index in [1.807, 2.05) is 48.5 Å². The molecule has 0 aliphatic carbocycles. The number of rotatable bonds is 13. The number of hydrogen-bond acceptors (Lipinski definition) is 8. The summed E-state index contributed by atoms with van der Waals surface area (Å²) >= 11 is 0.877. The fourth-order valence-corrected chi connectivity index (χ4v) is 4.53. The van der Waals surface area contributed by atoms with Crippen molar-refractivity contribution < 1.29 is 34.1 Å². The quantitative estimate of drug-likeness (QED) is 0.249. The molecule has 2 atom stereocenters. The Labute approximate surface area is 229 Å². The lowest BCUT2D eigenvalue weighted by atomic mass is 10.1. The summed E-state index contributed by atoms with van der Waals surface area (Å²) in [6.45, 7) is 0.400. The maximum absolute atomic E-state index is 11.7. The molecule has 0 aromatic heterocycles. The summed E-state index contributed by atoms with van der Waals surface area (Å²) in [5, 5.41) is 24.2. The van der Waals surface area contributed by atoms with Crippen molar-refractivity contribution in [2.75, 3.05) is 25.0 Å². The third kappa shape index (κ3) is 8.66. The van der Waals surface area contributed by atoms with Crippen molar-refractivity contribution >= 4 is 34.7 Å². The normalized spacial score (nSPS) is 15.4. The predicted molar refractivity (Wildman–Crippen MR) is 147 cm³/mol. The Hall–Kier alpha value is -4.22. The summed E-state index contributed by atoms with van der Waals surface area (Å²) in [5.74, 6) is 0.740. The SMILES string of the molecule is O=C1NC(=O)C(Nc2ccc(CCN(C[C@H](O)COc3cccc(OCc4ccccc4)c3)C(=O)O)cc2)S1. The molecular weight excluding hydrogens is 522 g/mol. The van der Waals surface area contributed by atoms with Gasteiger partial charge in [0.25, 0.3) is 11.1 Å². The van der Waals surface area contributed by atoms with Crippen molar-refractivity contribution in [1.82, 2.24) is 10.2 Å². The van der Waals surface area contributed by atoms with Gasteiger partial charge < -0.3 is 29.9 Å². The first-order valence-electron chi connectivity index (χ1n) is 12.3. The zero-order valence-corrected chi connectivity index (χ0v) is 21.8. The number of aliphatic hydroxyl groups excluding tert-OH is 1. The first-order chi connectivity index (χ1) is 18.9. The lowest BCUT2D eigenvalue weighted by Gasteiger charge is -2.23. The summed E-state index contributed by atoms with van der Waals surface area (Å²) in [5.41, 5.74) is 2.58. The second kappa shape index (κ2) is 13.5. The minimum atomic E-state index is -1.14. The van der Waals surface area contributed by atoms with E-state index in [4.69, 9.17) is 9.47 Å². The van der Waals surface area contributed by atoms with E-state index in [0.717, 1.165) is 27.8 Å². The van der Waals surface area contributed by atoms with Gasteiger partial charge in [-0.05, 0) is 53.6 Å². The van der Waals surface area contributed by atoms with Crippen LogP contribution < -0.4 is 20.1 Å². The Kier molecular flexibility index (Phi) is 9.65. The lowest BCUT2D eigenvalue weighted by molar-refractivity contribution is -0.118. The van der Waals surface area contributed by atoms with Crippen molar-refractivity contribution in [2.45, 2.75) is 24.5 Å². The van der Waals surface area contributed by atoms with Crippen LogP contribution in [0.2, 0.25) is 0 Å². The molecule has 3 aromatic rings. The van der Waals surface area contributed by atoms with E-state index >= 15 is 0 Å². The van der Waals surface area contributed by atoms with Gasteiger partial charge in [-0.15, -0.1) is 0 Å². The van der Waals surface area contributed by atoms with Crippen LogP contribution in [0.1, 0.15) is 11.1 Å². The Morgan fingerprint density at radius 2 is 1.69 bits per heavy atom. The molecule has 1 heterocycles. The third-order valence-electron chi connectivity index (χ3n) is 5.81. The van der Waals surface area contributed by atoms with Gasteiger partial charge in [0.1, 0.15) is 30.8 Å². The molecule has 1 aliphatic heterocycles. The number of anilines is 1. The maximum atomic E-state index is 11.7. The molecular formula is C28H29N3O7S. The molecule has 4 rings (SSSR count). The van der Waals surface area contributed by atoms with Crippen LogP contribution in [0.4, 0.5) is 15.3 Å². The summed E-state index contributed by atoms with van der Waals surface area (Å²) in [4.78, 5) is 35.9. The van der Waals surface area contributed by atoms with Gasteiger partial charge in [0.15, 0.2) is 5.37 Å². The number of hydrogen-bond donors (Lipinski definition) is 4. The Morgan fingerprint density at radius 1 is 0.974 bits per heavy atom. The second-order valence-corrected chi connectivity index (χ2v) is 9.89. The number of imide groups is 1. The average Bonchev–Trinajstić information content (AvgIpc) is 3.26. The molecule has 3 amide bonds. The summed E-state index contributed by atoms with van der Waals surface area (Å²) in [6.07, 6.45) is -1.74. The van der Waals surface area contributed by atoms with Crippen molar-refractivity contribution in [2.24, 2.45) is 0 Å². The topological polar surface area (TPSA) is 137 Å². The zero-order valence-electron chi connectivity index (χ0n) is 21.0. The number of ether oxygens (including phenoxy) is 2. The average molecular weight is 552 g/mol. The predicted octanol–water partition coefficient (Wildman–Crippen LogP) is 3.95. The molecule has 0 saturated carbocycles. The van der Waals surface area contributed by atoms with Crippen molar-refractivity contribution in [3.8, 4) is 11.5 Å². The van der Waals surface area contributed by atoms with Crippen LogP contribution in [-0.2, 0) is 17.8 Å². The number of nitrogens with zero attached hydrogens (tertiary/aromatic N) is 1. The molecule has 1 fully saturated rings. The largest absolute Gasteiger partial charge is 0.491 e. The summed E-state index contributed by atoms with van der Waals surface area (Å²) in [6, 6.07) is 24.0. The second-order valence-electron chi connectivity index (χ2n) is 8.81. The molecule has 1 aliphatic rings. The van der Waals surface area contributed by atoms with Gasteiger partial charge in [0, 0.05) is 18.3 Å². The number of amides is 3. The minimum absolute atomic E-state index is 0.0818. The molecule has 1 saturated heterocycles. The molecule has 0 radical (unpaired) electrons. The highest BCUT2D eigenvalue weighted by molar-refractivity contribution is 8.15. The minimum Gasteiger partial charge on any atom is -0.491 e. The number of carbonyl (C=O) groups excluding carboxylic acids is 2. The number of thioether (sulfide) groups is 1. The van der Waals surface area contributed by atoms with Crippen LogP contribution in [-0.4, -0.2) is 63.5 Å². The molecule has 10 nitrogen and oxygen atoms in total. The molecule has 204 valence electrons. The van der Waals surface area contributed by atoms with Gasteiger partial charge in [-0.2, -0.15) is 0 Å². The van der Waals surface area contributed by atoms with Gasteiger partial charge in [-0.3, -0.25) is 14.9 Å². The standard InChI is InChI=1S/C28H29N3O7S/c32-22(18-38-24-8-4-7-23(15-24)37-17-20-5-2-1-3-6-20)16-31(28(35)36)14-13-19-9-11-21(12-10-19)29-26-25(33)30-27(34)39-26/h1-12,15,22,26,29,32H,13-14,16-18H2,(H,35,36)(H,30,33,34)/t22-,26?/m0/s1. The zero-order chi connectivity index (χ0) is 27.6. The van der Waals surface area contributed by atoms with E-state index in [0.29, 0.717) is 30.2 Å². The number of nitrogens with one attached hydrogen (secondary N) is 2. The molecule has 11 heteroatoms. The fraction of sp³-hybridized carbons (Fsp3) is 0.250. The third-order valence-corrected chi connectivity index (χ3v) is 6.69. The highest BCUT2D eigenvalue weighted by Gasteiger charge is 2.31. The highest BCUT2D eigenvalue weighted by atomic mass is 32.2. The summed E-state index contributed by atoms with van der Waals surface area (Å²) < 4.78 is 11.5. The molecule has 3 aromatic carbocycles. The van der Waals surface area contributed by atoms with Crippen molar-refractivity contribution in [3.63, 3.8) is 0 Å². The van der Waals surface area contributed by atoms with Crippen LogP contribution in [0, 0.1) is 0 Å². The van der Waals surface area contributed by atoms with Crippen molar-refractivity contribution in [3.05, 3.63) is 90.0 Å².